The molecule has 0 fully saturated rings. The number of carbonyl (C=O) groups is 4. The zero-order chi connectivity index (χ0) is 20.8. The Labute approximate surface area is 180 Å². The molecule has 0 heterocycles. The Morgan fingerprint density at radius 1 is 0.586 bits per heavy atom. The molecule has 0 saturated carbocycles. The largest absolute Gasteiger partial charge is 2.00 e. The van der Waals surface area contributed by atoms with E-state index in [-0.39, 0.29) is 41.5 Å². The Hall–Kier alpha value is -2.76. The number of carbonyl (C=O) groups excluding carboxylic acids is 4. The van der Waals surface area contributed by atoms with Gasteiger partial charge in [0, 0.05) is 37.6 Å². The Morgan fingerprint density at radius 2 is 0.897 bits per heavy atom. The van der Waals surface area contributed by atoms with Crippen LogP contribution in [0.1, 0.15) is 36.8 Å². The van der Waals surface area contributed by atoms with Crippen molar-refractivity contribution in [3.63, 3.8) is 0 Å². The number of aryl methyl sites for hydroxylation is 2. The van der Waals surface area contributed by atoms with Gasteiger partial charge in [-0.25, -0.2) is 0 Å². The molecule has 0 bridgehead atoms. The smallest absolute Gasteiger partial charge is 0.550 e. The summed E-state index contributed by atoms with van der Waals surface area (Å²) in [6.07, 6.45) is 0.746. The third-order valence-electron chi connectivity index (χ3n) is 3.75. The number of ketones is 2. The van der Waals surface area contributed by atoms with E-state index in [0.29, 0.717) is 12.8 Å². The maximum atomic E-state index is 11.0. The molecule has 0 atom stereocenters. The molecule has 154 valence electrons. The van der Waals surface area contributed by atoms with Crippen molar-refractivity contribution in [3.05, 3.63) is 71.8 Å². The summed E-state index contributed by atoms with van der Waals surface area (Å²) in [5.74, 6) is -3.17. The molecular formula is C22H22FeO6. The zero-order valence-electron chi connectivity index (χ0n) is 15.8. The monoisotopic (exact) mass is 438 g/mol. The molecule has 2 rings (SSSR count). The normalized spacial score (nSPS) is 9.38. The summed E-state index contributed by atoms with van der Waals surface area (Å²) in [5, 5.41) is 20.2. The van der Waals surface area contributed by atoms with Crippen LogP contribution in [0.5, 0.6) is 0 Å². The van der Waals surface area contributed by atoms with Crippen molar-refractivity contribution in [1.29, 1.82) is 0 Å². The number of hydrogen-bond acceptors (Lipinski definition) is 6. The summed E-state index contributed by atoms with van der Waals surface area (Å²) in [6, 6.07) is 19.0. The van der Waals surface area contributed by atoms with Crippen LogP contribution in [-0.4, -0.2) is 23.5 Å². The first kappa shape index (κ1) is 26.2. The van der Waals surface area contributed by atoms with Crippen LogP contribution in [0.25, 0.3) is 0 Å². The van der Waals surface area contributed by atoms with E-state index >= 15 is 0 Å². The van der Waals surface area contributed by atoms with Gasteiger partial charge in [-0.15, -0.1) is 0 Å². The van der Waals surface area contributed by atoms with E-state index in [2.05, 4.69) is 0 Å². The van der Waals surface area contributed by atoms with Crippen molar-refractivity contribution in [1.82, 2.24) is 0 Å². The Morgan fingerprint density at radius 3 is 1.17 bits per heavy atom. The van der Waals surface area contributed by atoms with Crippen molar-refractivity contribution in [3.8, 4) is 0 Å². The first-order valence-electron chi connectivity index (χ1n) is 8.87. The van der Waals surface area contributed by atoms with Gasteiger partial charge in [0.1, 0.15) is 11.6 Å². The SMILES string of the molecule is O=C([O-])CC(=O)CCc1ccccc1.O=C([O-])CC(=O)CCc1ccccc1.[Fe+2]. The van der Waals surface area contributed by atoms with Gasteiger partial charge in [-0.2, -0.15) is 0 Å². The van der Waals surface area contributed by atoms with Gasteiger partial charge in [-0.05, 0) is 24.0 Å². The molecule has 0 unspecified atom stereocenters. The first-order chi connectivity index (χ1) is 13.4. The Kier molecular flexibility index (Phi) is 13.7. The van der Waals surface area contributed by atoms with Gasteiger partial charge >= 0.3 is 17.1 Å². The van der Waals surface area contributed by atoms with Gasteiger partial charge in [0.05, 0.1) is 0 Å². The van der Waals surface area contributed by atoms with Crippen LogP contribution in [0.15, 0.2) is 60.7 Å². The van der Waals surface area contributed by atoms with Crippen molar-refractivity contribution < 1.29 is 46.5 Å². The number of carboxylic acid groups (broad SMARTS) is 2. The summed E-state index contributed by atoms with van der Waals surface area (Å²) in [6.45, 7) is 0. The van der Waals surface area contributed by atoms with Gasteiger partial charge in [-0.3, -0.25) is 9.59 Å². The van der Waals surface area contributed by atoms with Crippen LogP contribution in [-0.2, 0) is 49.1 Å². The molecule has 0 saturated heterocycles. The molecule has 7 heteroatoms. The number of rotatable bonds is 10. The molecular weight excluding hydrogens is 416 g/mol. The number of Topliss-reactive ketones (excluding diaryl/α,β-unsaturated/α-hetero) is 2. The minimum atomic E-state index is -1.30. The number of hydrogen-bond donors (Lipinski definition) is 0. The van der Waals surface area contributed by atoms with Crippen LogP contribution in [0.3, 0.4) is 0 Å². The van der Waals surface area contributed by atoms with E-state index in [9.17, 15) is 29.4 Å². The number of benzene rings is 2. The molecule has 0 aliphatic carbocycles. The minimum Gasteiger partial charge on any atom is -0.550 e. The van der Waals surface area contributed by atoms with Crippen molar-refractivity contribution >= 4 is 23.5 Å². The van der Waals surface area contributed by atoms with Crippen LogP contribution in [0, 0.1) is 0 Å². The van der Waals surface area contributed by atoms with E-state index in [4.69, 9.17) is 0 Å². The second kappa shape index (κ2) is 15.2. The van der Waals surface area contributed by atoms with Gasteiger partial charge < -0.3 is 19.8 Å². The summed E-state index contributed by atoms with van der Waals surface area (Å²) in [7, 11) is 0. The third kappa shape index (κ3) is 14.0. The number of aliphatic carboxylic acids is 2. The Balaban J connectivity index is 0.000000523. The molecule has 29 heavy (non-hydrogen) atoms. The van der Waals surface area contributed by atoms with Crippen LogP contribution < -0.4 is 10.2 Å². The minimum absolute atomic E-state index is 0. The second-order valence-corrected chi connectivity index (χ2v) is 6.15. The Bertz CT molecular complexity index is 707. The molecule has 0 aromatic heterocycles. The van der Waals surface area contributed by atoms with Gasteiger partial charge in [0.25, 0.3) is 0 Å². The molecule has 0 aliphatic rings. The first-order valence-corrected chi connectivity index (χ1v) is 8.87. The molecule has 0 spiro atoms. The predicted octanol–water partition coefficient (Wildman–Crippen LogP) is 0.654. The summed E-state index contributed by atoms with van der Waals surface area (Å²) >= 11 is 0. The molecule has 2 aromatic carbocycles. The quantitative estimate of drug-likeness (QED) is 0.398. The summed E-state index contributed by atoms with van der Waals surface area (Å²) in [4.78, 5) is 42.2. The van der Waals surface area contributed by atoms with Crippen molar-refractivity contribution in [2.24, 2.45) is 0 Å². The zero-order valence-corrected chi connectivity index (χ0v) is 16.9. The molecule has 0 aliphatic heterocycles. The molecule has 0 radical (unpaired) electrons. The van der Waals surface area contributed by atoms with E-state index in [0.717, 1.165) is 11.1 Å². The van der Waals surface area contributed by atoms with E-state index in [1.54, 1.807) is 0 Å². The van der Waals surface area contributed by atoms with E-state index in [1.165, 1.54) is 0 Å². The van der Waals surface area contributed by atoms with Crippen LogP contribution >= 0.6 is 0 Å². The standard InChI is InChI=1S/2C11H12O3.Fe/c2*12-10(8-11(13)14)7-6-9-4-2-1-3-5-9;/h2*1-5H,6-8H2,(H,13,14);/q;;+2/p-2. The van der Waals surface area contributed by atoms with Gasteiger partial charge in [0.15, 0.2) is 0 Å². The second-order valence-electron chi connectivity index (χ2n) is 6.15. The average Bonchev–Trinajstić information content (AvgIpc) is 2.66. The third-order valence-corrected chi connectivity index (χ3v) is 3.75. The fraction of sp³-hybridized carbons (Fsp3) is 0.273. The fourth-order valence-corrected chi connectivity index (χ4v) is 2.36. The fourth-order valence-electron chi connectivity index (χ4n) is 2.36. The van der Waals surface area contributed by atoms with Crippen LogP contribution in [0.2, 0.25) is 0 Å². The maximum Gasteiger partial charge on any atom is 2.00 e. The predicted molar refractivity (Wildman–Crippen MR) is 98.8 cm³/mol. The molecule has 6 nitrogen and oxygen atoms in total. The van der Waals surface area contributed by atoms with Gasteiger partial charge in [-0.1, -0.05) is 60.7 Å². The topological polar surface area (TPSA) is 114 Å². The summed E-state index contributed by atoms with van der Waals surface area (Å²) in [5.41, 5.74) is 2.08. The molecule has 0 N–H and O–H groups in total. The van der Waals surface area contributed by atoms with Crippen LogP contribution in [0.4, 0.5) is 0 Å². The maximum absolute atomic E-state index is 11.0. The number of carboxylic acids is 2. The van der Waals surface area contributed by atoms with E-state index in [1.807, 2.05) is 60.7 Å². The average molecular weight is 438 g/mol. The summed E-state index contributed by atoms with van der Waals surface area (Å²) < 4.78 is 0. The van der Waals surface area contributed by atoms with Gasteiger partial charge in [0.2, 0.25) is 0 Å². The van der Waals surface area contributed by atoms with Crippen molar-refractivity contribution in [2.75, 3.05) is 0 Å². The van der Waals surface area contributed by atoms with Crippen molar-refractivity contribution in [2.45, 2.75) is 38.5 Å². The molecule has 0 amide bonds. The van der Waals surface area contributed by atoms with E-state index < -0.39 is 24.8 Å². The molecule has 2 aromatic rings.